The van der Waals surface area contributed by atoms with Crippen LogP contribution in [0.3, 0.4) is 0 Å². The average Bonchev–Trinajstić information content (AvgIpc) is 3.89. The number of nitrogens with zero attached hydrogens (tertiary/aromatic N) is 1. The minimum absolute atomic E-state index is 0.743. The minimum atomic E-state index is 0.743. The van der Waals surface area contributed by atoms with Crippen LogP contribution in [0.15, 0.2) is 149 Å². The van der Waals surface area contributed by atoms with Gasteiger partial charge in [0.05, 0.1) is 11.0 Å². The summed E-state index contributed by atoms with van der Waals surface area (Å²) in [6.07, 6.45) is 3.60. The zero-order chi connectivity index (χ0) is 32.4. The molecule has 7 aromatic carbocycles. The molecule has 0 fully saturated rings. The lowest BCUT2D eigenvalue weighted by Gasteiger charge is -2.10. The van der Waals surface area contributed by atoms with Crippen LogP contribution in [0.2, 0.25) is 0 Å². The standard InChI is InChI=1S/C46H27NO2/c1-3-29-35-22-27(17-20-43(35)48-41(29)4-2)26-16-19-39-38(23-26)46-34-14-9-13-33-30-10-5-6-11-31(30)37(45(33)34)25-40(46)47(39)28-18-21-44-36(24-28)32-12-7-8-15-42(32)49-44/h3-25H,1-2H2. The molecule has 1 aliphatic carbocycles. The molecule has 3 aromatic heterocycles. The predicted octanol–water partition coefficient (Wildman–Crippen LogP) is 13.2. The second kappa shape index (κ2) is 9.50. The molecule has 3 heterocycles. The summed E-state index contributed by atoms with van der Waals surface area (Å²) in [6.45, 7) is 7.99. The first-order valence-corrected chi connectivity index (χ1v) is 16.6. The van der Waals surface area contributed by atoms with Crippen LogP contribution in [0, 0.1) is 0 Å². The number of furan rings is 2. The summed E-state index contributed by atoms with van der Waals surface area (Å²) in [5.74, 6) is 0.743. The van der Waals surface area contributed by atoms with E-state index in [-0.39, 0.29) is 0 Å². The van der Waals surface area contributed by atoms with E-state index < -0.39 is 0 Å². The van der Waals surface area contributed by atoms with Gasteiger partial charge >= 0.3 is 0 Å². The highest BCUT2D eigenvalue weighted by Crippen LogP contribution is 2.51. The first kappa shape index (κ1) is 26.5. The summed E-state index contributed by atoms with van der Waals surface area (Å²) in [6, 6.07) is 46.1. The van der Waals surface area contributed by atoms with Crippen molar-refractivity contribution in [2.75, 3.05) is 0 Å². The quantitative estimate of drug-likeness (QED) is 0.195. The molecule has 0 radical (unpaired) electrons. The molecule has 10 aromatic rings. The minimum Gasteiger partial charge on any atom is -0.456 e. The second-order valence-corrected chi connectivity index (χ2v) is 12.9. The van der Waals surface area contributed by atoms with E-state index in [4.69, 9.17) is 8.83 Å². The molecule has 0 bridgehead atoms. The van der Waals surface area contributed by atoms with E-state index in [0.717, 1.165) is 66.6 Å². The molecule has 228 valence electrons. The smallest absolute Gasteiger partial charge is 0.135 e. The summed E-state index contributed by atoms with van der Waals surface area (Å²) >= 11 is 0. The van der Waals surface area contributed by atoms with E-state index >= 15 is 0 Å². The third-order valence-corrected chi connectivity index (χ3v) is 10.5. The largest absolute Gasteiger partial charge is 0.456 e. The van der Waals surface area contributed by atoms with Crippen molar-refractivity contribution in [3.63, 3.8) is 0 Å². The highest BCUT2D eigenvalue weighted by molar-refractivity contribution is 6.29. The van der Waals surface area contributed by atoms with Crippen LogP contribution in [-0.4, -0.2) is 4.57 Å². The fourth-order valence-electron chi connectivity index (χ4n) is 8.37. The van der Waals surface area contributed by atoms with Crippen LogP contribution in [0.25, 0.3) is 117 Å². The van der Waals surface area contributed by atoms with Gasteiger partial charge in [-0.2, -0.15) is 0 Å². The summed E-state index contributed by atoms with van der Waals surface area (Å²) in [5, 5.41) is 8.34. The normalized spacial score (nSPS) is 12.2. The van der Waals surface area contributed by atoms with E-state index in [1.54, 1.807) is 6.08 Å². The SMILES string of the molecule is C=Cc1oc2ccc(-c3ccc4c(c3)c3c5cccc6c5c(cc3n4-c3ccc4oc5ccccc5c4c3)-c3ccccc3-6)cc2c1C=C. The molecule has 49 heavy (non-hydrogen) atoms. The van der Waals surface area contributed by atoms with Gasteiger partial charge in [-0.1, -0.05) is 92.0 Å². The number of para-hydroxylation sites is 1. The van der Waals surface area contributed by atoms with Crippen LogP contribution in [0.4, 0.5) is 0 Å². The van der Waals surface area contributed by atoms with Crippen molar-refractivity contribution in [1.82, 2.24) is 4.57 Å². The van der Waals surface area contributed by atoms with Crippen molar-refractivity contribution in [1.29, 1.82) is 0 Å². The van der Waals surface area contributed by atoms with Gasteiger partial charge in [0.15, 0.2) is 0 Å². The topological polar surface area (TPSA) is 31.2 Å². The number of hydrogen-bond donors (Lipinski definition) is 0. The van der Waals surface area contributed by atoms with Crippen molar-refractivity contribution >= 4 is 77.6 Å². The molecule has 0 saturated heterocycles. The third-order valence-electron chi connectivity index (χ3n) is 10.5. The van der Waals surface area contributed by atoms with Crippen LogP contribution < -0.4 is 0 Å². The molecule has 11 rings (SSSR count). The first-order valence-electron chi connectivity index (χ1n) is 16.6. The Labute approximate surface area is 281 Å². The Morgan fingerprint density at radius 3 is 2.00 bits per heavy atom. The third kappa shape index (κ3) is 3.46. The van der Waals surface area contributed by atoms with Crippen molar-refractivity contribution in [3.8, 4) is 39.1 Å². The molecule has 0 N–H and O–H groups in total. The van der Waals surface area contributed by atoms with Gasteiger partial charge in [-0.15, -0.1) is 0 Å². The Bertz CT molecular complexity index is 3090. The van der Waals surface area contributed by atoms with E-state index in [9.17, 15) is 0 Å². The maximum atomic E-state index is 6.23. The molecule has 1 aliphatic rings. The molecule has 3 nitrogen and oxygen atoms in total. The van der Waals surface area contributed by atoms with Gasteiger partial charge in [-0.25, -0.2) is 0 Å². The molecule has 0 aliphatic heterocycles. The van der Waals surface area contributed by atoms with E-state index in [0.29, 0.717) is 0 Å². The molecule has 0 amide bonds. The maximum Gasteiger partial charge on any atom is 0.135 e. The Kier molecular flexibility index (Phi) is 5.13. The number of fused-ring (bicyclic) bond motifs is 11. The monoisotopic (exact) mass is 625 g/mol. The van der Waals surface area contributed by atoms with Gasteiger partial charge in [-0.3, -0.25) is 0 Å². The average molecular weight is 626 g/mol. The zero-order valence-corrected chi connectivity index (χ0v) is 26.5. The Morgan fingerprint density at radius 1 is 0.449 bits per heavy atom. The molecule has 0 atom stereocenters. The number of benzene rings is 7. The second-order valence-electron chi connectivity index (χ2n) is 12.9. The molecule has 3 heteroatoms. The molecule has 0 spiro atoms. The van der Waals surface area contributed by atoms with Gasteiger partial charge in [0.2, 0.25) is 0 Å². The Morgan fingerprint density at radius 2 is 1.14 bits per heavy atom. The lowest BCUT2D eigenvalue weighted by Crippen LogP contribution is -1.94. The van der Waals surface area contributed by atoms with Crippen LogP contribution in [-0.2, 0) is 0 Å². The lowest BCUT2D eigenvalue weighted by atomic mass is 9.96. The van der Waals surface area contributed by atoms with Crippen molar-refractivity contribution < 1.29 is 8.83 Å². The summed E-state index contributed by atoms with van der Waals surface area (Å²) < 4.78 is 14.7. The highest BCUT2D eigenvalue weighted by atomic mass is 16.3. The van der Waals surface area contributed by atoms with Gasteiger partial charge < -0.3 is 13.4 Å². The van der Waals surface area contributed by atoms with Crippen LogP contribution in [0.1, 0.15) is 11.3 Å². The van der Waals surface area contributed by atoms with Crippen molar-refractivity contribution in [3.05, 3.63) is 152 Å². The summed E-state index contributed by atoms with van der Waals surface area (Å²) in [7, 11) is 0. The highest BCUT2D eigenvalue weighted by Gasteiger charge is 2.26. The molecular weight excluding hydrogens is 599 g/mol. The number of hydrogen-bond acceptors (Lipinski definition) is 2. The van der Waals surface area contributed by atoms with Crippen LogP contribution in [0.5, 0.6) is 0 Å². The first-order chi connectivity index (χ1) is 24.2. The molecular formula is C46H27NO2. The van der Waals surface area contributed by atoms with E-state index in [2.05, 4.69) is 133 Å². The Hall–Kier alpha value is -6.58. The Balaban J connectivity index is 1.25. The maximum absolute atomic E-state index is 6.23. The van der Waals surface area contributed by atoms with Gasteiger partial charge in [0.25, 0.3) is 0 Å². The lowest BCUT2D eigenvalue weighted by molar-refractivity contribution is 0.603. The predicted molar refractivity (Wildman–Crippen MR) is 205 cm³/mol. The molecule has 0 saturated carbocycles. The zero-order valence-electron chi connectivity index (χ0n) is 26.5. The summed E-state index contributed by atoms with van der Waals surface area (Å²) in [4.78, 5) is 0. The number of aromatic nitrogens is 1. The van der Waals surface area contributed by atoms with Crippen LogP contribution >= 0.6 is 0 Å². The fraction of sp³-hybridized carbons (Fsp3) is 0. The van der Waals surface area contributed by atoms with Gasteiger partial charge in [0, 0.05) is 38.2 Å². The summed E-state index contributed by atoms with van der Waals surface area (Å²) in [5.41, 5.74) is 14.5. The van der Waals surface area contributed by atoms with Gasteiger partial charge in [-0.05, 0) is 105 Å². The number of rotatable bonds is 4. The molecule has 0 unspecified atom stereocenters. The van der Waals surface area contributed by atoms with E-state index in [1.807, 2.05) is 18.2 Å². The van der Waals surface area contributed by atoms with Gasteiger partial charge in [0.1, 0.15) is 22.5 Å². The van der Waals surface area contributed by atoms with E-state index in [1.165, 1.54) is 49.3 Å². The van der Waals surface area contributed by atoms with Crippen molar-refractivity contribution in [2.45, 2.75) is 0 Å². The van der Waals surface area contributed by atoms with Crippen molar-refractivity contribution in [2.24, 2.45) is 0 Å². The fourth-order valence-corrected chi connectivity index (χ4v) is 8.37.